The number of hydrogen-bond donors (Lipinski definition) is 4. The Labute approximate surface area is 818 Å². The molecule has 0 radical (unpaired) electrons. The van der Waals surface area contributed by atoms with Gasteiger partial charge in [0.1, 0.15) is 40.3 Å². The minimum atomic E-state index is -0.864. The summed E-state index contributed by atoms with van der Waals surface area (Å²) in [4.78, 5) is 49.4. The first-order valence-electron chi connectivity index (χ1n) is 47.6. The van der Waals surface area contributed by atoms with Crippen LogP contribution in [0.1, 0.15) is 237 Å². The zero-order valence-corrected chi connectivity index (χ0v) is 85.3. The molecular weight excluding hydrogens is 1770 g/mol. The number of rotatable bonds is 28. The smallest absolute Gasteiger partial charge is 0.414 e. The summed E-state index contributed by atoms with van der Waals surface area (Å²) >= 11 is 0. The number of ether oxygens (including phenoxy) is 7. The van der Waals surface area contributed by atoms with Crippen LogP contribution in [0.2, 0.25) is 0 Å². The van der Waals surface area contributed by atoms with Gasteiger partial charge >= 0.3 is 18.2 Å². The zero-order chi connectivity index (χ0) is 102. The van der Waals surface area contributed by atoms with Crippen molar-refractivity contribution in [3.8, 4) is 57.5 Å². The van der Waals surface area contributed by atoms with Crippen molar-refractivity contribution >= 4 is 18.2 Å². The lowest BCUT2D eigenvalue weighted by Gasteiger charge is -2.35. The van der Waals surface area contributed by atoms with Crippen molar-refractivity contribution in [1.82, 2.24) is 34.3 Å². The molecule has 5 aliphatic rings. The first-order valence-corrected chi connectivity index (χ1v) is 47.6. The predicted octanol–water partition coefficient (Wildman–Crippen LogP) is 24.1. The Kier molecular flexibility index (Phi) is 34.9. The third-order valence-corrected chi connectivity index (χ3v) is 27.1. The van der Waals surface area contributed by atoms with E-state index in [1.54, 1.807) is 104 Å². The second-order valence-electron chi connectivity index (χ2n) is 42.3. The van der Waals surface area contributed by atoms with E-state index in [9.17, 15) is 56.8 Å². The molecule has 0 atom stereocenters. The molecule has 15 rings (SSSR count). The number of halogens is 5. The standard InChI is InChI=1S/C24H31NO4.C23H29F2NO2.2C23H29FN2O3.C20H24FNO2/c1-23(2,3)29-21-13-16(9-10-20(21)26)11-12-24(4,5)25-14-17-7-6-8-18(22(27)28)19(17)15-25;1-22(2,3)28-21-12-15(6-9-20(21)27)10-11-23(4,5)26-13-16-17(14-26)19(25)8-7-18(16)24;1-23(2,26-14-17-7-8-19(24)13-18(17)15-26)11-10-16-6-9-20(21(12-16)28-5)29-22(27)25(3)4;1-23(2,26-14-17-7-6-8-19(24)18(17)15-26)12-11-16-9-10-20(21(13-16)28-5)29-22(27)25(3)4;1-20(2,10-9-14-7-8-18(23)19(11-14)24-3)22-12-15-5-4-6-17(21)16(15)13-22/h6-10,13,26H,11-12,14-15H2,1-5H3,(H,27,28);6-9,12,27H,10-11,13-14H2,1-5H3;6-9,12-13H,10-11,14-15H2,1-5H3;6-10,13H,11-12,14-15H2,1-5H3;4-8,11,23H,9-10,12-13H2,1-3H3. The molecule has 139 heavy (non-hydrogen) atoms. The van der Waals surface area contributed by atoms with E-state index in [2.05, 4.69) is 93.7 Å². The van der Waals surface area contributed by atoms with Crippen LogP contribution in [0, 0.1) is 29.1 Å². The summed E-state index contributed by atoms with van der Waals surface area (Å²) in [5.41, 5.74) is 13.7. The number of carboxylic acid groups (broad SMARTS) is 1. The number of nitrogens with zero attached hydrogens (tertiary/aromatic N) is 7. The molecule has 21 nitrogen and oxygen atoms in total. The molecule has 748 valence electrons. The van der Waals surface area contributed by atoms with Crippen LogP contribution < -0.4 is 33.2 Å². The molecule has 5 heterocycles. The highest BCUT2D eigenvalue weighted by Gasteiger charge is 2.40. The van der Waals surface area contributed by atoms with Crippen molar-refractivity contribution in [3.63, 3.8) is 0 Å². The highest BCUT2D eigenvalue weighted by atomic mass is 19.1. The molecule has 0 bridgehead atoms. The van der Waals surface area contributed by atoms with Crippen LogP contribution in [0.15, 0.2) is 176 Å². The highest BCUT2D eigenvalue weighted by Crippen LogP contribution is 2.44. The van der Waals surface area contributed by atoms with E-state index in [-0.39, 0.29) is 79.6 Å². The van der Waals surface area contributed by atoms with Crippen LogP contribution in [-0.4, -0.2) is 161 Å². The third-order valence-electron chi connectivity index (χ3n) is 27.1. The summed E-state index contributed by atoms with van der Waals surface area (Å²) in [6, 6.07) is 51.4. The Morgan fingerprint density at radius 1 is 0.309 bits per heavy atom. The van der Waals surface area contributed by atoms with E-state index in [1.807, 2.05) is 133 Å². The lowest BCUT2D eigenvalue weighted by atomic mass is 9.93. The Balaban J connectivity index is 0.000000167. The Morgan fingerprint density at radius 3 is 0.942 bits per heavy atom. The summed E-state index contributed by atoms with van der Waals surface area (Å²) in [5, 5.41) is 39.3. The van der Waals surface area contributed by atoms with Gasteiger partial charge in [0.25, 0.3) is 0 Å². The average Bonchev–Trinajstić information content (AvgIpc) is 1.65. The maximum Gasteiger partial charge on any atom is 0.414 e. The number of fused-ring (bicyclic) bond motifs is 5. The van der Waals surface area contributed by atoms with Crippen LogP contribution in [-0.2, 0) is 97.6 Å². The normalized spacial score (nSPS) is 14.4. The Hall–Kier alpha value is -11.9. The van der Waals surface area contributed by atoms with Gasteiger partial charge in [0.2, 0.25) is 0 Å². The predicted molar refractivity (Wildman–Crippen MR) is 534 cm³/mol. The SMILES string of the molecule is CC(C)(C)Oc1cc(CCC(C)(C)N2Cc3c(F)ccc(F)c3C2)ccc1O.CC(C)(C)Oc1cc(CCC(C)(C)N2Cc3cccc(C(=O)O)c3C2)ccc1O.COc1cc(CCC(C)(C)N2Cc3ccc(F)cc3C2)ccc1OC(=O)N(C)C.COc1cc(CCC(C)(C)N2Cc3cccc(F)c3C2)ccc1O.COc1cc(CCC(C)(C)N2Cc3cccc(F)c3C2)ccc1OC(=O)N(C)C. The molecule has 0 saturated carbocycles. The summed E-state index contributed by atoms with van der Waals surface area (Å²) in [6.45, 7) is 40.2. The van der Waals surface area contributed by atoms with Crippen molar-refractivity contribution in [3.05, 3.63) is 294 Å². The van der Waals surface area contributed by atoms with Gasteiger partial charge in [-0.25, -0.2) is 36.3 Å². The van der Waals surface area contributed by atoms with Crippen molar-refractivity contribution in [2.24, 2.45) is 0 Å². The fourth-order valence-electron chi connectivity index (χ4n) is 17.7. The van der Waals surface area contributed by atoms with Crippen LogP contribution in [0.25, 0.3) is 0 Å². The van der Waals surface area contributed by atoms with Crippen LogP contribution in [0.3, 0.4) is 0 Å². The minimum absolute atomic E-state index is 0.0429. The summed E-state index contributed by atoms with van der Waals surface area (Å²) < 4.78 is 108. The molecule has 0 fully saturated rings. The Morgan fingerprint density at radius 2 is 0.597 bits per heavy atom. The van der Waals surface area contributed by atoms with Crippen molar-refractivity contribution in [1.29, 1.82) is 0 Å². The molecular formula is C113H142F5N7O14. The van der Waals surface area contributed by atoms with Crippen molar-refractivity contribution in [2.75, 3.05) is 49.5 Å². The number of phenols is 3. The van der Waals surface area contributed by atoms with Gasteiger partial charge in [-0.3, -0.25) is 24.5 Å². The molecule has 0 spiro atoms. The number of aromatic hydroxyl groups is 3. The van der Waals surface area contributed by atoms with Crippen LogP contribution >= 0.6 is 0 Å². The topological polar surface area (TPSA) is 219 Å². The number of carbonyl (C=O) groups excluding carboxylic acids is 2. The van der Waals surface area contributed by atoms with Gasteiger partial charge in [0, 0.05) is 144 Å². The maximum atomic E-state index is 14.1. The fourth-order valence-corrected chi connectivity index (χ4v) is 17.7. The molecule has 10 aromatic rings. The number of carbonyl (C=O) groups is 3. The molecule has 2 amide bonds. The molecule has 10 aromatic carbocycles. The van der Waals surface area contributed by atoms with Crippen molar-refractivity contribution in [2.45, 2.75) is 279 Å². The monoisotopic (exact) mass is 1920 g/mol. The van der Waals surface area contributed by atoms with Crippen LogP contribution in [0.5, 0.6) is 57.5 Å². The van der Waals surface area contributed by atoms with E-state index in [4.69, 9.17) is 33.2 Å². The number of phenolic OH excluding ortho intramolecular Hbond substituents is 3. The number of aryl methyl sites for hydroxylation is 5. The van der Waals surface area contributed by atoms with Gasteiger partial charge in [0.15, 0.2) is 57.5 Å². The maximum absolute atomic E-state index is 14.1. The number of methoxy groups -OCH3 is 3. The molecule has 5 aliphatic heterocycles. The molecule has 0 unspecified atom stereocenters. The molecule has 0 aliphatic carbocycles. The van der Waals surface area contributed by atoms with E-state index in [1.165, 1.54) is 45.7 Å². The Bertz CT molecular complexity index is 5950. The fraction of sp³-hybridized carbons (Fsp3) is 0.442. The number of amides is 2. The van der Waals surface area contributed by atoms with Gasteiger partial charge < -0.3 is 63.4 Å². The molecule has 0 aromatic heterocycles. The first-order chi connectivity index (χ1) is 65.2. The number of aromatic carboxylic acids is 1. The number of benzene rings is 10. The number of hydrogen-bond acceptors (Lipinski definition) is 18. The second-order valence-corrected chi connectivity index (χ2v) is 42.3. The lowest BCUT2D eigenvalue weighted by molar-refractivity contribution is 0.0691. The van der Waals surface area contributed by atoms with Gasteiger partial charge in [-0.2, -0.15) is 0 Å². The van der Waals surface area contributed by atoms with E-state index in [0.29, 0.717) is 89.7 Å². The molecule has 0 saturated heterocycles. The largest absolute Gasteiger partial charge is 0.504 e. The summed E-state index contributed by atoms with van der Waals surface area (Å²) in [5.74, 6) is 1.87. The van der Waals surface area contributed by atoms with Gasteiger partial charge in [-0.15, -0.1) is 0 Å². The average molecular weight is 1920 g/mol. The number of carboxylic acids is 1. The van der Waals surface area contributed by atoms with Crippen LogP contribution in [0.4, 0.5) is 31.5 Å². The highest BCUT2D eigenvalue weighted by molar-refractivity contribution is 5.90. The quantitative estimate of drug-likeness (QED) is 0.0335. The summed E-state index contributed by atoms with van der Waals surface area (Å²) in [7, 11) is 11.2. The molecule has 4 N–H and O–H groups in total. The van der Waals surface area contributed by atoms with Gasteiger partial charge in [0.05, 0.1) is 26.9 Å². The lowest BCUT2D eigenvalue weighted by Crippen LogP contribution is -2.40. The zero-order valence-electron chi connectivity index (χ0n) is 85.3. The third kappa shape index (κ3) is 28.5. The minimum Gasteiger partial charge on any atom is -0.504 e. The van der Waals surface area contributed by atoms with E-state index >= 15 is 0 Å². The summed E-state index contributed by atoms with van der Waals surface area (Å²) in [6.07, 6.45) is 7.78. The van der Waals surface area contributed by atoms with E-state index < -0.39 is 23.8 Å². The first kappa shape index (κ1) is 107. The van der Waals surface area contributed by atoms with E-state index in [0.717, 1.165) is 164 Å². The van der Waals surface area contributed by atoms with Gasteiger partial charge in [-0.05, 0) is 339 Å². The van der Waals surface area contributed by atoms with Crippen molar-refractivity contribution < 1.29 is 89.9 Å². The van der Waals surface area contributed by atoms with Gasteiger partial charge in [-0.1, -0.05) is 72.8 Å². The molecule has 26 heteroatoms. The second kappa shape index (κ2) is 45.1.